The fraction of sp³-hybridized carbons (Fsp3) is 0.171. The predicted molar refractivity (Wildman–Crippen MR) is 166 cm³/mol. The van der Waals surface area contributed by atoms with Crippen LogP contribution in [0.15, 0.2) is 91.0 Å². The number of aromatic hydroxyl groups is 5. The highest BCUT2D eigenvalue weighted by Gasteiger charge is 2.23. The Morgan fingerprint density at radius 2 is 1.41 bits per heavy atom. The molecule has 9 heteroatoms. The van der Waals surface area contributed by atoms with Gasteiger partial charge in [-0.1, -0.05) is 54.6 Å². The summed E-state index contributed by atoms with van der Waals surface area (Å²) in [4.78, 5) is 18.0. The predicted octanol–water partition coefficient (Wildman–Crippen LogP) is 6.80. The molecule has 2 atom stereocenters. The topological polar surface area (TPSA) is 157 Å². The largest absolute Gasteiger partial charge is 0.508 e. The van der Waals surface area contributed by atoms with Crippen LogP contribution < -0.4 is 4.74 Å². The lowest BCUT2D eigenvalue weighted by atomic mass is 9.89. The van der Waals surface area contributed by atoms with Gasteiger partial charge in [0.1, 0.15) is 40.1 Å². The molecule has 0 fully saturated rings. The van der Waals surface area contributed by atoms with Gasteiger partial charge in [0.25, 0.3) is 0 Å². The van der Waals surface area contributed by atoms with E-state index in [0.717, 1.165) is 11.1 Å². The van der Waals surface area contributed by atoms with Gasteiger partial charge in [0, 0.05) is 12.0 Å². The van der Waals surface area contributed by atoms with Crippen LogP contribution in [0, 0.1) is 0 Å². The molecule has 0 heterocycles. The number of carbonyl (C=O) groups is 1. The fourth-order valence-corrected chi connectivity index (χ4v) is 4.80. The van der Waals surface area contributed by atoms with Crippen molar-refractivity contribution in [2.24, 2.45) is 0 Å². The van der Waals surface area contributed by atoms with Crippen molar-refractivity contribution in [2.75, 3.05) is 7.11 Å². The van der Waals surface area contributed by atoms with Crippen LogP contribution in [0.1, 0.15) is 51.4 Å². The number of phenolic OH excluding ortho intramolecular Hbond substituents is 5. The van der Waals surface area contributed by atoms with Crippen molar-refractivity contribution in [3.05, 3.63) is 119 Å². The molecule has 4 rings (SSSR count). The summed E-state index contributed by atoms with van der Waals surface area (Å²) >= 11 is 0. The van der Waals surface area contributed by atoms with E-state index in [9.17, 15) is 35.6 Å². The molecule has 4 aromatic carbocycles. The molecular formula is C35H34O9. The summed E-state index contributed by atoms with van der Waals surface area (Å²) in [5, 5.41) is 60.5. The molecule has 0 spiro atoms. The van der Waals surface area contributed by atoms with Gasteiger partial charge in [0.2, 0.25) is 0 Å². The van der Waals surface area contributed by atoms with Gasteiger partial charge in [0.05, 0.1) is 18.8 Å². The van der Waals surface area contributed by atoms with Gasteiger partial charge < -0.3 is 30.3 Å². The average Bonchev–Trinajstić information content (AvgIpc) is 3.02. The lowest BCUT2D eigenvalue weighted by molar-refractivity contribution is -0.281. The van der Waals surface area contributed by atoms with E-state index in [4.69, 9.17) is 9.62 Å². The first-order chi connectivity index (χ1) is 21.2. The SMILES string of the molecule is COc1cc(O)c(C=CC(CC(CCc2ccc(O)cc2)OO)c2ccc(O)cc2)c(O)c1C(=O)C=Cc1ccc(O)cc1. The summed E-state index contributed by atoms with van der Waals surface area (Å²) in [6, 6.07) is 20.7. The summed E-state index contributed by atoms with van der Waals surface area (Å²) < 4.78 is 5.28. The molecule has 0 aromatic heterocycles. The highest BCUT2D eigenvalue weighted by atomic mass is 17.1. The van der Waals surface area contributed by atoms with Gasteiger partial charge in [-0.05, 0) is 78.4 Å². The third kappa shape index (κ3) is 8.19. The zero-order valence-electron chi connectivity index (χ0n) is 24.0. The van der Waals surface area contributed by atoms with Crippen LogP contribution in [-0.2, 0) is 11.3 Å². The van der Waals surface area contributed by atoms with E-state index in [1.165, 1.54) is 55.7 Å². The third-order valence-corrected chi connectivity index (χ3v) is 7.24. The zero-order valence-corrected chi connectivity index (χ0v) is 24.0. The van der Waals surface area contributed by atoms with Gasteiger partial charge in [-0.3, -0.25) is 10.1 Å². The molecule has 2 unspecified atom stereocenters. The second-order valence-electron chi connectivity index (χ2n) is 10.2. The number of phenols is 5. The monoisotopic (exact) mass is 598 g/mol. The van der Waals surface area contributed by atoms with Crippen molar-refractivity contribution in [1.82, 2.24) is 0 Å². The summed E-state index contributed by atoms with van der Waals surface area (Å²) in [5.74, 6) is -1.47. The van der Waals surface area contributed by atoms with E-state index in [1.807, 2.05) is 0 Å². The van der Waals surface area contributed by atoms with E-state index in [2.05, 4.69) is 0 Å². The molecule has 9 nitrogen and oxygen atoms in total. The smallest absolute Gasteiger partial charge is 0.193 e. The maximum absolute atomic E-state index is 13.2. The number of methoxy groups -OCH3 is 1. The van der Waals surface area contributed by atoms with Crippen molar-refractivity contribution in [3.8, 4) is 34.5 Å². The van der Waals surface area contributed by atoms with E-state index in [1.54, 1.807) is 54.6 Å². The van der Waals surface area contributed by atoms with Crippen LogP contribution in [-0.4, -0.2) is 49.8 Å². The highest BCUT2D eigenvalue weighted by molar-refractivity contribution is 6.11. The number of ether oxygens (including phenoxy) is 1. The normalized spacial score (nSPS) is 12.9. The Morgan fingerprint density at radius 1 is 0.818 bits per heavy atom. The van der Waals surface area contributed by atoms with Gasteiger partial charge in [-0.15, -0.1) is 0 Å². The van der Waals surface area contributed by atoms with Gasteiger partial charge >= 0.3 is 0 Å². The van der Waals surface area contributed by atoms with Crippen LogP contribution in [0.3, 0.4) is 0 Å². The molecule has 0 aliphatic heterocycles. The van der Waals surface area contributed by atoms with E-state index >= 15 is 0 Å². The van der Waals surface area contributed by atoms with Crippen molar-refractivity contribution >= 4 is 17.9 Å². The number of carbonyl (C=O) groups excluding carboxylic acids is 1. The zero-order chi connectivity index (χ0) is 31.6. The molecule has 0 radical (unpaired) electrons. The third-order valence-electron chi connectivity index (χ3n) is 7.24. The van der Waals surface area contributed by atoms with Crippen molar-refractivity contribution in [1.29, 1.82) is 0 Å². The van der Waals surface area contributed by atoms with Crippen LogP contribution >= 0.6 is 0 Å². The summed E-state index contributed by atoms with van der Waals surface area (Å²) in [7, 11) is 1.32. The Bertz CT molecular complexity index is 1610. The maximum Gasteiger partial charge on any atom is 0.193 e. The number of allylic oxidation sites excluding steroid dienone is 2. The lowest BCUT2D eigenvalue weighted by Gasteiger charge is -2.20. The highest BCUT2D eigenvalue weighted by Crippen LogP contribution is 2.40. The Balaban J connectivity index is 1.63. The van der Waals surface area contributed by atoms with E-state index < -0.39 is 23.6 Å². The summed E-state index contributed by atoms with van der Waals surface area (Å²) in [6.07, 6.45) is 6.69. The minimum Gasteiger partial charge on any atom is -0.508 e. The van der Waals surface area contributed by atoms with Crippen LogP contribution in [0.25, 0.3) is 12.2 Å². The Labute approximate surface area is 254 Å². The molecule has 0 aliphatic carbocycles. The van der Waals surface area contributed by atoms with E-state index in [-0.39, 0.29) is 39.9 Å². The quantitative estimate of drug-likeness (QED) is 0.0422. The minimum atomic E-state index is -0.604. The number of hydrogen-bond donors (Lipinski definition) is 6. The van der Waals surface area contributed by atoms with Crippen LogP contribution in [0.2, 0.25) is 0 Å². The molecule has 0 saturated heterocycles. The van der Waals surface area contributed by atoms with Gasteiger partial charge in [-0.25, -0.2) is 4.89 Å². The summed E-state index contributed by atoms with van der Waals surface area (Å²) in [5.41, 5.74) is 2.21. The molecule has 44 heavy (non-hydrogen) atoms. The lowest BCUT2D eigenvalue weighted by Crippen LogP contribution is -2.16. The van der Waals surface area contributed by atoms with Gasteiger partial charge in [-0.2, -0.15) is 0 Å². The molecule has 4 aromatic rings. The number of aryl methyl sites for hydroxylation is 1. The molecule has 0 amide bonds. The van der Waals surface area contributed by atoms with Gasteiger partial charge in [0.15, 0.2) is 5.78 Å². The van der Waals surface area contributed by atoms with Crippen molar-refractivity contribution < 1.29 is 45.2 Å². The molecular weight excluding hydrogens is 564 g/mol. The Morgan fingerprint density at radius 3 is 2.00 bits per heavy atom. The minimum absolute atomic E-state index is 0.0125. The molecule has 0 saturated carbocycles. The Kier molecular flexibility index (Phi) is 10.6. The number of benzene rings is 4. The standard InChI is InChI=1S/C35H34O9/c1-43-33-21-32(40)30(35(41)34(33)31(39)19-7-23-4-13-27(37)14-5-23)18-10-25(24-8-15-28(38)16-9-24)20-29(44-42)17-6-22-2-11-26(36)12-3-22/h2-5,7-16,18-19,21,25,29,36-38,40-42H,6,17,20H2,1H3. The van der Waals surface area contributed by atoms with Crippen molar-refractivity contribution in [3.63, 3.8) is 0 Å². The number of rotatable bonds is 13. The molecule has 228 valence electrons. The molecule has 0 aliphatic rings. The average molecular weight is 599 g/mol. The van der Waals surface area contributed by atoms with E-state index in [0.29, 0.717) is 24.8 Å². The van der Waals surface area contributed by atoms with Crippen LogP contribution in [0.5, 0.6) is 34.5 Å². The van der Waals surface area contributed by atoms with Crippen molar-refractivity contribution in [2.45, 2.75) is 31.3 Å². The first-order valence-corrected chi connectivity index (χ1v) is 13.9. The summed E-state index contributed by atoms with van der Waals surface area (Å²) in [6.45, 7) is 0. The van der Waals surface area contributed by atoms with Crippen LogP contribution in [0.4, 0.5) is 0 Å². The second-order valence-corrected chi connectivity index (χ2v) is 10.2. The number of ketones is 1. The molecule has 6 N–H and O–H groups in total. The Hall–Kier alpha value is -5.25. The number of hydrogen-bond acceptors (Lipinski definition) is 9. The maximum atomic E-state index is 13.2. The second kappa shape index (κ2) is 14.8. The fourth-order valence-electron chi connectivity index (χ4n) is 4.80. The molecule has 0 bridgehead atoms. The first kappa shape index (κ1) is 31.7. The first-order valence-electron chi connectivity index (χ1n) is 13.9.